The standard InChI is InChI=1S/C26H31FN4O3S/c1-17-29-24-12-23(6-7-25(24)35-17)34-16-22(32)11-21-13-28-8-9-30(21)14-18-10-26(33)31(15-18)20-4-2-19(27)3-5-20/h2-7,12,18,21-22,28,32H,8-11,13-16H2,1H3/t18?,21?,22-/m1/s1. The number of benzene rings is 2. The molecule has 0 saturated carbocycles. The van der Waals surface area contributed by atoms with Crippen molar-refractivity contribution in [2.24, 2.45) is 5.92 Å². The minimum atomic E-state index is -0.601. The molecule has 9 heteroatoms. The first-order valence-electron chi connectivity index (χ1n) is 12.1. The van der Waals surface area contributed by atoms with Crippen LogP contribution in [0.5, 0.6) is 5.75 Å². The molecule has 35 heavy (non-hydrogen) atoms. The highest BCUT2D eigenvalue weighted by Crippen LogP contribution is 2.28. The van der Waals surface area contributed by atoms with Gasteiger partial charge in [-0.05, 0) is 55.7 Å². The largest absolute Gasteiger partial charge is 0.491 e. The number of hydrogen-bond acceptors (Lipinski definition) is 7. The molecule has 0 radical (unpaired) electrons. The minimum absolute atomic E-state index is 0.0778. The van der Waals surface area contributed by atoms with E-state index in [9.17, 15) is 14.3 Å². The predicted molar refractivity (Wildman–Crippen MR) is 136 cm³/mol. The van der Waals surface area contributed by atoms with Crippen molar-refractivity contribution in [3.63, 3.8) is 0 Å². The second kappa shape index (κ2) is 10.6. The number of amides is 1. The Kier molecular flexibility index (Phi) is 7.29. The third-order valence-electron chi connectivity index (χ3n) is 6.76. The summed E-state index contributed by atoms with van der Waals surface area (Å²) >= 11 is 1.65. The Hall–Kier alpha value is -2.59. The third kappa shape index (κ3) is 5.81. The molecule has 0 aliphatic carbocycles. The molecule has 3 heterocycles. The summed E-state index contributed by atoms with van der Waals surface area (Å²) in [6.45, 7) is 6.19. The summed E-state index contributed by atoms with van der Waals surface area (Å²) in [6.07, 6.45) is 0.474. The van der Waals surface area contributed by atoms with Crippen molar-refractivity contribution in [2.75, 3.05) is 44.2 Å². The number of hydrogen-bond donors (Lipinski definition) is 2. The van der Waals surface area contributed by atoms with Crippen molar-refractivity contribution in [2.45, 2.75) is 31.9 Å². The van der Waals surface area contributed by atoms with E-state index >= 15 is 0 Å². The van der Waals surface area contributed by atoms with E-state index in [0.29, 0.717) is 25.1 Å². The normalized spacial score (nSPS) is 22.1. The SMILES string of the molecule is Cc1nc2cc(OC[C@H](O)CC3CNCCN3CC3CC(=O)N(c4ccc(F)cc4)C3)ccc2s1. The second-order valence-electron chi connectivity index (χ2n) is 9.47. The van der Waals surface area contributed by atoms with Gasteiger partial charge >= 0.3 is 0 Å². The third-order valence-corrected chi connectivity index (χ3v) is 7.71. The number of rotatable bonds is 8. The average molecular weight is 499 g/mol. The van der Waals surface area contributed by atoms with E-state index in [1.54, 1.807) is 28.4 Å². The van der Waals surface area contributed by atoms with Gasteiger partial charge in [0.2, 0.25) is 5.91 Å². The molecule has 0 bridgehead atoms. The van der Waals surface area contributed by atoms with Crippen LogP contribution in [0, 0.1) is 18.7 Å². The Balaban J connectivity index is 1.14. The Morgan fingerprint density at radius 2 is 2.11 bits per heavy atom. The van der Waals surface area contributed by atoms with Crippen molar-refractivity contribution in [1.29, 1.82) is 0 Å². The highest BCUT2D eigenvalue weighted by molar-refractivity contribution is 7.18. The Morgan fingerprint density at radius 1 is 1.29 bits per heavy atom. The molecule has 5 rings (SSSR count). The molecular weight excluding hydrogens is 467 g/mol. The van der Waals surface area contributed by atoms with E-state index < -0.39 is 6.10 Å². The van der Waals surface area contributed by atoms with E-state index in [4.69, 9.17) is 4.74 Å². The Labute approximate surface area is 208 Å². The molecule has 2 saturated heterocycles. The fourth-order valence-electron chi connectivity index (χ4n) is 5.07. The fraction of sp³-hybridized carbons (Fsp3) is 0.462. The number of aliphatic hydroxyl groups is 1. The molecule has 186 valence electrons. The molecule has 1 amide bonds. The van der Waals surface area contributed by atoms with Crippen LogP contribution in [0.4, 0.5) is 10.1 Å². The molecular formula is C26H31FN4O3S. The zero-order valence-corrected chi connectivity index (χ0v) is 20.6. The first kappa shape index (κ1) is 24.1. The number of thiazole rings is 1. The van der Waals surface area contributed by atoms with Gasteiger partial charge in [-0.2, -0.15) is 0 Å². The maximum absolute atomic E-state index is 13.3. The number of aryl methyl sites for hydroxylation is 1. The lowest BCUT2D eigenvalue weighted by atomic mass is 10.0. The lowest BCUT2D eigenvalue weighted by Gasteiger charge is -2.38. The number of carbonyl (C=O) groups is 1. The van der Waals surface area contributed by atoms with Crippen LogP contribution in [0.2, 0.25) is 0 Å². The van der Waals surface area contributed by atoms with Gasteiger partial charge in [-0.1, -0.05) is 0 Å². The molecule has 2 aliphatic heterocycles. The van der Waals surface area contributed by atoms with Crippen molar-refractivity contribution >= 4 is 33.1 Å². The molecule has 2 aromatic carbocycles. The van der Waals surface area contributed by atoms with Gasteiger partial charge in [0, 0.05) is 56.9 Å². The number of fused-ring (bicyclic) bond motifs is 1. The zero-order valence-electron chi connectivity index (χ0n) is 19.8. The number of anilines is 1. The van der Waals surface area contributed by atoms with Crippen molar-refractivity contribution < 1.29 is 19.0 Å². The topological polar surface area (TPSA) is 77.9 Å². The molecule has 1 aromatic heterocycles. The van der Waals surface area contributed by atoms with Crippen LogP contribution >= 0.6 is 11.3 Å². The maximum Gasteiger partial charge on any atom is 0.227 e. The van der Waals surface area contributed by atoms with Gasteiger partial charge in [0.1, 0.15) is 18.2 Å². The maximum atomic E-state index is 13.3. The number of piperazine rings is 1. The molecule has 3 atom stereocenters. The number of carbonyl (C=O) groups excluding carboxylic acids is 1. The van der Waals surface area contributed by atoms with Crippen LogP contribution in [0.3, 0.4) is 0 Å². The summed E-state index contributed by atoms with van der Waals surface area (Å²) in [5, 5.41) is 15.2. The van der Waals surface area contributed by atoms with Gasteiger partial charge in [0.15, 0.2) is 0 Å². The van der Waals surface area contributed by atoms with E-state index in [2.05, 4.69) is 15.2 Å². The molecule has 2 N–H and O–H groups in total. The number of nitrogens with one attached hydrogen (secondary N) is 1. The van der Waals surface area contributed by atoms with Crippen molar-refractivity contribution in [3.8, 4) is 5.75 Å². The summed E-state index contributed by atoms with van der Waals surface area (Å²) < 4.78 is 20.3. The monoisotopic (exact) mass is 498 g/mol. The second-order valence-corrected chi connectivity index (χ2v) is 10.7. The van der Waals surface area contributed by atoms with Crippen LogP contribution in [-0.4, -0.2) is 72.4 Å². The average Bonchev–Trinajstić information content (AvgIpc) is 3.40. The van der Waals surface area contributed by atoms with Crippen molar-refractivity contribution in [3.05, 3.63) is 53.3 Å². The van der Waals surface area contributed by atoms with Crippen LogP contribution in [-0.2, 0) is 4.79 Å². The smallest absolute Gasteiger partial charge is 0.227 e. The summed E-state index contributed by atoms with van der Waals surface area (Å²) in [4.78, 5) is 21.3. The predicted octanol–water partition coefficient (Wildman–Crippen LogP) is 3.20. The zero-order chi connectivity index (χ0) is 24.4. The fourth-order valence-corrected chi connectivity index (χ4v) is 5.88. The van der Waals surface area contributed by atoms with Gasteiger partial charge in [-0.15, -0.1) is 11.3 Å². The molecule has 3 aromatic rings. The lowest BCUT2D eigenvalue weighted by molar-refractivity contribution is -0.117. The number of aliphatic hydroxyl groups excluding tert-OH is 1. The molecule has 2 aliphatic rings. The summed E-state index contributed by atoms with van der Waals surface area (Å²) in [5.74, 6) is 0.691. The summed E-state index contributed by atoms with van der Waals surface area (Å²) in [5.41, 5.74) is 1.66. The van der Waals surface area contributed by atoms with Gasteiger partial charge < -0.3 is 20.1 Å². The van der Waals surface area contributed by atoms with Crippen molar-refractivity contribution in [1.82, 2.24) is 15.2 Å². The number of halogens is 1. The van der Waals surface area contributed by atoms with E-state index in [1.807, 2.05) is 25.1 Å². The molecule has 2 fully saturated rings. The molecule has 2 unspecified atom stereocenters. The molecule has 0 spiro atoms. The summed E-state index contributed by atoms with van der Waals surface area (Å²) in [6, 6.07) is 12.1. The van der Waals surface area contributed by atoms with E-state index in [0.717, 1.165) is 47.1 Å². The van der Waals surface area contributed by atoms with Crippen LogP contribution in [0.15, 0.2) is 42.5 Å². The summed E-state index contributed by atoms with van der Waals surface area (Å²) in [7, 11) is 0. The number of ether oxygens (including phenoxy) is 1. The lowest BCUT2D eigenvalue weighted by Crippen LogP contribution is -2.54. The van der Waals surface area contributed by atoms with E-state index in [1.165, 1.54) is 12.1 Å². The quantitative estimate of drug-likeness (QED) is 0.497. The number of nitrogens with zero attached hydrogens (tertiary/aromatic N) is 3. The van der Waals surface area contributed by atoms with Gasteiger partial charge in [0.25, 0.3) is 0 Å². The van der Waals surface area contributed by atoms with Gasteiger partial charge in [0.05, 0.1) is 21.3 Å². The highest BCUT2D eigenvalue weighted by Gasteiger charge is 2.34. The minimum Gasteiger partial charge on any atom is -0.491 e. The number of aromatic nitrogens is 1. The van der Waals surface area contributed by atoms with Crippen LogP contribution < -0.4 is 15.0 Å². The Bertz CT molecular complexity index is 1170. The van der Waals surface area contributed by atoms with Gasteiger partial charge in [-0.3, -0.25) is 9.69 Å². The highest BCUT2D eigenvalue weighted by atomic mass is 32.1. The first-order valence-corrected chi connectivity index (χ1v) is 12.9. The van der Waals surface area contributed by atoms with E-state index in [-0.39, 0.29) is 30.3 Å². The first-order chi connectivity index (χ1) is 16.9. The van der Waals surface area contributed by atoms with Crippen LogP contribution in [0.25, 0.3) is 10.2 Å². The molecule has 7 nitrogen and oxygen atoms in total. The van der Waals surface area contributed by atoms with Gasteiger partial charge in [-0.25, -0.2) is 9.37 Å². The van der Waals surface area contributed by atoms with Crippen LogP contribution in [0.1, 0.15) is 17.8 Å². The Morgan fingerprint density at radius 3 is 2.94 bits per heavy atom.